The highest BCUT2D eigenvalue weighted by atomic mass is 16.5. The van der Waals surface area contributed by atoms with E-state index in [-0.39, 0.29) is 5.39 Å². The molecule has 0 radical (unpaired) electrons. The van der Waals surface area contributed by atoms with Crippen molar-refractivity contribution >= 4 is 10.9 Å². The van der Waals surface area contributed by atoms with Gasteiger partial charge in [0.25, 0.3) is 0 Å². The fraction of sp³-hybridized carbons (Fsp3) is 0.273. The monoisotopic (exact) mass is 221 g/mol. The van der Waals surface area contributed by atoms with Crippen LogP contribution >= 0.6 is 0 Å². The van der Waals surface area contributed by atoms with E-state index in [9.17, 15) is 9.59 Å². The van der Waals surface area contributed by atoms with E-state index in [1.807, 2.05) is 13.8 Å². The van der Waals surface area contributed by atoms with E-state index in [4.69, 9.17) is 4.74 Å². The molecule has 2 rings (SSSR count). The maximum atomic E-state index is 11.5. The number of hydrogen-bond donors (Lipinski definition) is 1. The molecule has 1 aromatic heterocycles. The maximum Gasteiger partial charge on any atom is 0.419 e. The van der Waals surface area contributed by atoms with Gasteiger partial charge in [0.15, 0.2) is 0 Å². The van der Waals surface area contributed by atoms with E-state index in [0.29, 0.717) is 17.9 Å². The number of aromatic nitrogens is 1. The number of ether oxygens (including phenoxy) is 1. The average Bonchev–Trinajstić information content (AvgIpc) is 2.15. The summed E-state index contributed by atoms with van der Waals surface area (Å²) in [6, 6.07) is 3.44. The number of aryl methyl sites for hydroxylation is 1. The second-order valence-electron chi connectivity index (χ2n) is 3.42. The lowest BCUT2D eigenvalue weighted by atomic mass is 10.1. The van der Waals surface area contributed by atoms with Crippen LogP contribution in [0.15, 0.2) is 26.1 Å². The fourth-order valence-corrected chi connectivity index (χ4v) is 1.60. The van der Waals surface area contributed by atoms with Crippen LogP contribution in [0, 0.1) is 6.92 Å². The zero-order chi connectivity index (χ0) is 11.7. The van der Waals surface area contributed by atoms with E-state index < -0.39 is 11.4 Å². The second kappa shape index (κ2) is 3.84. The molecule has 0 aliphatic carbocycles. The number of aromatic amines is 1. The Kier molecular flexibility index (Phi) is 2.52. The Hall–Kier alpha value is -2.04. The molecule has 0 aliphatic heterocycles. The standard InChI is InChI=1S/C11H11NO4/c1-3-15-8-5-6(2)4-7-9(8)10(13)16-11(14)12-7/h4-5H,3H2,1-2H3,(H,12,14). The summed E-state index contributed by atoms with van der Waals surface area (Å²) >= 11 is 0. The van der Waals surface area contributed by atoms with E-state index in [2.05, 4.69) is 9.40 Å². The lowest BCUT2D eigenvalue weighted by molar-refractivity contribution is 0.342. The van der Waals surface area contributed by atoms with Crippen LogP contribution in [0.3, 0.4) is 0 Å². The van der Waals surface area contributed by atoms with E-state index >= 15 is 0 Å². The molecule has 0 saturated heterocycles. The Balaban J connectivity index is 2.90. The highest BCUT2D eigenvalue weighted by Crippen LogP contribution is 2.22. The molecule has 84 valence electrons. The predicted octanol–water partition coefficient (Wildman–Crippen LogP) is 1.19. The van der Waals surface area contributed by atoms with Crippen molar-refractivity contribution in [1.82, 2.24) is 4.98 Å². The molecular weight excluding hydrogens is 210 g/mol. The Morgan fingerprint density at radius 2 is 2.12 bits per heavy atom. The highest BCUT2D eigenvalue weighted by Gasteiger charge is 2.10. The molecule has 16 heavy (non-hydrogen) atoms. The Morgan fingerprint density at radius 1 is 1.38 bits per heavy atom. The third kappa shape index (κ3) is 1.71. The molecule has 0 bridgehead atoms. The topological polar surface area (TPSA) is 72.3 Å². The first-order valence-electron chi connectivity index (χ1n) is 4.92. The van der Waals surface area contributed by atoms with Gasteiger partial charge in [-0.05, 0) is 31.5 Å². The largest absolute Gasteiger partial charge is 0.493 e. The summed E-state index contributed by atoms with van der Waals surface area (Å²) in [5.41, 5.74) is 0.657. The van der Waals surface area contributed by atoms with Crippen LogP contribution in [-0.4, -0.2) is 11.6 Å². The van der Waals surface area contributed by atoms with Gasteiger partial charge in [-0.25, -0.2) is 9.59 Å². The van der Waals surface area contributed by atoms with Crippen molar-refractivity contribution in [3.63, 3.8) is 0 Å². The van der Waals surface area contributed by atoms with Gasteiger partial charge >= 0.3 is 11.4 Å². The molecule has 5 heteroatoms. The van der Waals surface area contributed by atoms with Crippen molar-refractivity contribution in [3.05, 3.63) is 38.7 Å². The minimum absolute atomic E-state index is 0.270. The molecule has 1 heterocycles. The van der Waals surface area contributed by atoms with Gasteiger partial charge in [-0.3, -0.25) is 4.98 Å². The third-order valence-electron chi connectivity index (χ3n) is 2.17. The first-order valence-corrected chi connectivity index (χ1v) is 4.92. The molecule has 0 spiro atoms. The molecule has 0 atom stereocenters. The van der Waals surface area contributed by atoms with Crippen LogP contribution in [0.2, 0.25) is 0 Å². The number of H-pyrrole nitrogens is 1. The van der Waals surface area contributed by atoms with Crippen molar-refractivity contribution in [1.29, 1.82) is 0 Å². The summed E-state index contributed by atoms with van der Waals surface area (Å²) in [4.78, 5) is 25.0. The summed E-state index contributed by atoms with van der Waals surface area (Å²) in [7, 11) is 0. The Morgan fingerprint density at radius 3 is 2.81 bits per heavy atom. The Bertz CT molecular complexity index is 638. The van der Waals surface area contributed by atoms with Gasteiger partial charge < -0.3 is 9.15 Å². The Labute approximate surface area is 90.7 Å². The zero-order valence-corrected chi connectivity index (χ0v) is 8.99. The summed E-state index contributed by atoms with van der Waals surface area (Å²) in [6.07, 6.45) is 0. The molecular formula is C11H11NO4. The summed E-state index contributed by atoms with van der Waals surface area (Å²) in [5, 5.41) is 0.270. The van der Waals surface area contributed by atoms with Gasteiger partial charge in [-0.15, -0.1) is 0 Å². The van der Waals surface area contributed by atoms with Gasteiger partial charge in [0.05, 0.1) is 12.1 Å². The number of fused-ring (bicyclic) bond motifs is 1. The lowest BCUT2D eigenvalue weighted by Gasteiger charge is -2.06. The molecule has 1 N–H and O–H groups in total. The SMILES string of the molecule is CCOc1cc(C)cc2[nH]c(=O)oc(=O)c12. The van der Waals surface area contributed by atoms with Crippen LogP contribution < -0.4 is 16.1 Å². The molecule has 1 aromatic carbocycles. The number of nitrogens with one attached hydrogen (secondary N) is 1. The van der Waals surface area contributed by atoms with Gasteiger partial charge in [0.1, 0.15) is 11.1 Å². The van der Waals surface area contributed by atoms with Crippen molar-refractivity contribution in [2.24, 2.45) is 0 Å². The van der Waals surface area contributed by atoms with Gasteiger partial charge in [-0.2, -0.15) is 0 Å². The summed E-state index contributed by atoms with van der Waals surface area (Å²) in [5.74, 6) is -0.326. The van der Waals surface area contributed by atoms with E-state index in [0.717, 1.165) is 5.56 Å². The number of benzene rings is 1. The minimum Gasteiger partial charge on any atom is -0.493 e. The van der Waals surface area contributed by atoms with Crippen LogP contribution in [0.5, 0.6) is 5.75 Å². The van der Waals surface area contributed by atoms with Crippen molar-refractivity contribution in [2.45, 2.75) is 13.8 Å². The quantitative estimate of drug-likeness (QED) is 0.826. The van der Waals surface area contributed by atoms with Crippen molar-refractivity contribution in [3.8, 4) is 5.75 Å². The zero-order valence-electron chi connectivity index (χ0n) is 8.99. The molecule has 0 fully saturated rings. The lowest BCUT2D eigenvalue weighted by Crippen LogP contribution is -2.15. The van der Waals surface area contributed by atoms with Crippen LogP contribution in [-0.2, 0) is 0 Å². The second-order valence-corrected chi connectivity index (χ2v) is 3.42. The van der Waals surface area contributed by atoms with E-state index in [1.54, 1.807) is 12.1 Å². The molecule has 0 unspecified atom stereocenters. The van der Waals surface area contributed by atoms with Gasteiger partial charge in [-0.1, -0.05) is 0 Å². The first-order chi connectivity index (χ1) is 7.61. The summed E-state index contributed by atoms with van der Waals surface area (Å²) < 4.78 is 9.81. The molecule has 0 amide bonds. The van der Waals surface area contributed by atoms with Crippen molar-refractivity contribution in [2.75, 3.05) is 6.61 Å². The minimum atomic E-state index is -0.759. The molecule has 5 nitrogen and oxygen atoms in total. The van der Waals surface area contributed by atoms with Gasteiger partial charge in [0.2, 0.25) is 0 Å². The predicted molar refractivity (Wildman–Crippen MR) is 59.0 cm³/mol. The number of hydrogen-bond acceptors (Lipinski definition) is 4. The van der Waals surface area contributed by atoms with Crippen molar-refractivity contribution < 1.29 is 9.15 Å². The van der Waals surface area contributed by atoms with E-state index in [1.165, 1.54) is 0 Å². The molecule has 0 saturated carbocycles. The summed E-state index contributed by atoms with van der Waals surface area (Å²) in [6.45, 7) is 4.12. The highest BCUT2D eigenvalue weighted by molar-refractivity contribution is 5.84. The third-order valence-corrected chi connectivity index (χ3v) is 2.17. The average molecular weight is 221 g/mol. The van der Waals surface area contributed by atoms with Crippen LogP contribution in [0.4, 0.5) is 0 Å². The van der Waals surface area contributed by atoms with Gasteiger partial charge in [0, 0.05) is 0 Å². The first kappa shape index (κ1) is 10.5. The molecule has 2 aromatic rings. The smallest absolute Gasteiger partial charge is 0.419 e. The fourth-order valence-electron chi connectivity index (χ4n) is 1.60. The normalized spacial score (nSPS) is 10.6. The van der Waals surface area contributed by atoms with Crippen LogP contribution in [0.25, 0.3) is 10.9 Å². The number of rotatable bonds is 2. The maximum absolute atomic E-state index is 11.5. The van der Waals surface area contributed by atoms with Crippen LogP contribution in [0.1, 0.15) is 12.5 Å². The molecule has 0 aliphatic rings.